The highest BCUT2D eigenvalue weighted by molar-refractivity contribution is 5.87. The third-order valence-electron chi connectivity index (χ3n) is 2.26. The smallest absolute Gasteiger partial charge is 0.352 e. The molecule has 1 aromatic carbocycles. The standard InChI is InChI=1S/C12H8N2O2/c13-6-8-1-3-9(4-2-8)10-5-11(12(15)16)14-7-10/h1-5,7,14H,(H,15,16). The first kappa shape index (κ1) is 9.99. The Bertz CT molecular complexity index is 561. The van der Waals surface area contributed by atoms with Crippen LogP contribution in [0, 0.1) is 11.3 Å². The van der Waals surface area contributed by atoms with Crippen molar-refractivity contribution in [2.45, 2.75) is 0 Å². The topological polar surface area (TPSA) is 76.9 Å². The van der Waals surface area contributed by atoms with E-state index >= 15 is 0 Å². The zero-order valence-electron chi connectivity index (χ0n) is 8.27. The summed E-state index contributed by atoms with van der Waals surface area (Å²) in [5.41, 5.74) is 2.40. The summed E-state index contributed by atoms with van der Waals surface area (Å²) in [5.74, 6) is -0.986. The number of nitrogens with zero attached hydrogens (tertiary/aromatic N) is 1. The van der Waals surface area contributed by atoms with Crippen LogP contribution in [0.1, 0.15) is 16.1 Å². The molecule has 0 aliphatic rings. The number of hydrogen-bond donors (Lipinski definition) is 2. The van der Waals surface area contributed by atoms with E-state index in [9.17, 15) is 4.79 Å². The molecule has 0 amide bonds. The summed E-state index contributed by atoms with van der Waals surface area (Å²) in [6.07, 6.45) is 1.63. The number of H-pyrrole nitrogens is 1. The second-order valence-corrected chi connectivity index (χ2v) is 3.30. The van der Waals surface area contributed by atoms with Gasteiger partial charge in [-0.3, -0.25) is 0 Å². The van der Waals surface area contributed by atoms with Gasteiger partial charge in [0.25, 0.3) is 0 Å². The minimum absolute atomic E-state index is 0.152. The summed E-state index contributed by atoms with van der Waals surface area (Å²) in [6.45, 7) is 0. The minimum Gasteiger partial charge on any atom is -0.477 e. The maximum absolute atomic E-state index is 10.7. The summed E-state index contributed by atoms with van der Waals surface area (Å²) in [6, 6.07) is 10.6. The fraction of sp³-hybridized carbons (Fsp3) is 0. The molecule has 0 saturated carbocycles. The molecule has 0 saturated heterocycles. The number of aromatic nitrogens is 1. The van der Waals surface area contributed by atoms with Gasteiger partial charge in [0.05, 0.1) is 11.6 Å². The number of rotatable bonds is 2. The Hall–Kier alpha value is -2.54. The average molecular weight is 212 g/mol. The lowest BCUT2D eigenvalue weighted by atomic mass is 10.1. The van der Waals surface area contributed by atoms with E-state index in [2.05, 4.69) is 4.98 Å². The van der Waals surface area contributed by atoms with E-state index in [1.165, 1.54) is 0 Å². The van der Waals surface area contributed by atoms with Crippen LogP contribution in [0.15, 0.2) is 36.5 Å². The van der Waals surface area contributed by atoms with Crippen molar-refractivity contribution in [3.63, 3.8) is 0 Å². The summed E-state index contributed by atoms with van der Waals surface area (Å²) in [5, 5.41) is 17.4. The van der Waals surface area contributed by atoms with Crippen molar-refractivity contribution in [3.05, 3.63) is 47.8 Å². The van der Waals surface area contributed by atoms with Crippen LogP contribution in [0.25, 0.3) is 11.1 Å². The van der Waals surface area contributed by atoms with Crippen LogP contribution >= 0.6 is 0 Å². The van der Waals surface area contributed by atoms with E-state index in [1.54, 1.807) is 36.5 Å². The minimum atomic E-state index is -0.986. The highest BCUT2D eigenvalue weighted by Gasteiger charge is 2.07. The number of aromatic carboxylic acids is 1. The molecule has 2 aromatic rings. The molecular weight excluding hydrogens is 204 g/mol. The van der Waals surface area contributed by atoms with E-state index in [0.29, 0.717) is 5.56 Å². The van der Waals surface area contributed by atoms with Gasteiger partial charge in [-0.1, -0.05) is 12.1 Å². The number of carboxylic acid groups (broad SMARTS) is 1. The van der Waals surface area contributed by atoms with Crippen LogP contribution in [0.2, 0.25) is 0 Å². The molecule has 4 heteroatoms. The predicted octanol–water partition coefficient (Wildman–Crippen LogP) is 2.25. The molecule has 0 bridgehead atoms. The number of nitrogens with one attached hydrogen (secondary N) is 1. The van der Waals surface area contributed by atoms with Gasteiger partial charge >= 0.3 is 5.97 Å². The molecule has 0 aliphatic carbocycles. The van der Waals surface area contributed by atoms with Gasteiger partial charge in [-0.05, 0) is 29.3 Å². The van der Waals surface area contributed by atoms with Crippen molar-refractivity contribution in [2.75, 3.05) is 0 Å². The molecule has 0 atom stereocenters. The third-order valence-corrected chi connectivity index (χ3v) is 2.26. The Morgan fingerprint density at radius 3 is 2.44 bits per heavy atom. The fourth-order valence-corrected chi connectivity index (χ4v) is 1.42. The molecule has 0 aliphatic heterocycles. The lowest BCUT2D eigenvalue weighted by Gasteiger charge is -1.96. The molecule has 0 spiro atoms. The van der Waals surface area contributed by atoms with E-state index in [0.717, 1.165) is 11.1 Å². The normalized spacial score (nSPS) is 9.69. The highest BCUT2D eigenvalue weighted by Crippen LogP contribution is 2.20. The maximum atomic E-state index is 10.7. The summed E-state index contributed by atoms with van der Waals surface area (Å²) in [4.78, 5) is 13.3. The Balaban J connectivity index is 2.36. The Kier molecular flexibility index (Phi) is 2.44. The first-order chi connectivity index (χ1) is 7.70. The van der Waals surface area contributed by atoms with Crippen molar-refractivity contribution >= 4 is 5.97 Å². The Morgan fingerprint density at radius 2 is 1.94 bits per heavy atom. The third kappa shape index (κ3) is 1.79. The Morgan fingerprint density at radius 1 is 1.25 bits per heavy atom. The quantitative estimate of drug-likeness (QED) is 0.801. The second-order valence-electron chi connectivity index (χ2n) is 3.30. The highest BCUT2D eigenvalue weighted by atomic mass is 16.4. The number of carboxylic acids is 1. The van der Waals surface area contributed by atoms with Gasteiger partial charge in [-0.15, -0.1) is 0 Å². The Labute approximate surface area is 91.8 Å². The molecule has 0 fully saturated rings. The molecule has 4 nitrogen and oxygen atoms in total. The second kappa shape index (κ2) is 3.91. The van der Waals surface area contributed by atoms with Crippen LogP contribution in [-0.2, 0) is 0 Å². The predicted molar refractivity (Wildman–Crippen MR) is 57.9 cm³/mol. The van der Waals surface area contributed by atoms with Crippen molar-refractivity contribution in [2.24, 2.45) is 0 Å². The van der Waals surface area contributed by atoms with Crippen LogP contribution < -0.4 is 0 Å². The van der Waals surface area contributed by atoms with Crippen molar-refractivity contribution in [1.29, 1.82) is 5.26 Å². The first-order valence-electron chi connectivity index (χ1n) is 4.63. The van der Waals surface area contributed by atoms with Crippen molar-refractivity contribution in [3.8, 4) is 17.2 Å². The van der Waals surface area contributed by atoms with Gasteiger partial charge in [0.2, 0.25) is 0 Å². The maximum Gasteiger partial charge on any atom is 0.352 e. The van der Waals surface area contributed by atoms with Crippen LogP contribution in [-0.4, -0.2) is 16.1 Å². The van der Waals surface area contributed by atoms with Gasteiger partial charge in [0, 0.05) is 6.20 Å². The van der Waals surface area contributed by atoms with E-state index < -0.39 is 5.97 Å². The molecule has 78 valence electrons. The van der Waals surface area contributed by atoms with Crippen LogP contribution in [0.5, 0.6) is 0 Å². The van der Waals surface area contributed by atoms with Crippen LogP contribution in [0.4, 0.5) is 0 Å². The monoisotopic (exact) mass is 212 g/mol. The largest absolute Gasteiger partial charge is 0.477 e. The van der Waals surface area contributed by atoms with E-state index in [4.69, 9.17) is 10.4 Å². The van der Waals surface area contributed by atoms with Gasteiger partial charge in [0.1, 0.15) is 5.69 Å². The van der Waals surface area contributed by atoms with Gasteiger partial charge < -0.3 is 10.1 Å². The summed E-state index contributed by atoms with van der Waals surface area (Å²) < 4.78 is 0. The lowest BCUT2D eigenvalue weighted by Crippen LogP contribution is -1.94. The zero-order valence-corrected chi connectivity index (χ0v) is 8.27. The van der Waals surface area contributed by atoms with E-state index in [-0.39, 0.29) is 5.69 Å². The number of benzene rings is 1. The van der Waals surface area contributed by atoms with E-state index in [1.807, 2.05) is 6.07 Å². The average Bonchev–Trinajstić information content (AvgIpc) is 2.78. The molecule has 2 rings (SSSR count). The molecule has 2 N–H and O–H groups in total. The lowest BCUT2D eigenvalue weighted by molar-refractivity contribution is 0.0691. The molecule has 0 radical (unpaired) electrons. The van der Waals surface area contributed by atoms with Crippen molar-refractivity contribution in [1.82, 2.24) is 4.98 Å². The summed E-state index contributed by atoms with van der Waals surface area (Å²) in [7, 11) is 0. The fourth-order valence-electron chi connectivity index (χ4n) is 1.42. The van der Waals surface area contributed by atoms with Gasteiger partial charge in [-0.25, -0.2) is 4.79 Å². The van der Waals surface area contributed by atoms with Gasteiger partial charge in [-0.2, -0.15) is 5.26 Å². The zero-order chi connectivity index (χ0) is 11.5. The van der Waals surface area contributed by atoms with Gasteiger partial charge in [0.15, 0.2) is 0 Å². The molecule has 1 aromatic heterocycles. The summed E-state index contributed by atoms with van der Waals surface area (Å²) >= 11 is 0. The number of nitriles is 1. The first-order valence-corrected chi connectivity index (χ1v) is 4.63. The molecule has 16 heavy (non-hydrogen) atoms. The molecular formula is C12H8N2O2. The van der Waals surface area contributed by atoms with Crippen LogP contribution in [0.3, 0.4) is 0 Å². The molecule has 0 unspecified atom stereocenters. The SMILES string of the molecule is N#Cc1ccc(-c2c[nH]c(C(=O)O)c2)cc1. The number of hydrogen-bond acceptors (Lipinski definition) is 2. The van der Waals surface area contributed by atoms with Crippen molar-refractivity contribution < 1.29 is 9.90 Å². The number of aromatic amines is 1. The number of carbonyl (C=O) groups is 1. The molecule has 1 heterocycles.